The predicted octanol–water partition coefficient (Wildman–Crippen LogP) is 3.64. The highest BCUT2D eigenvalue weighted by atomic mass is 35.5. The Morgan fingerprint density at radius 3 is 3.00 bits per heavy atom. The number of hydrogen-bond donors (Lipinski definition) is 2. The molecule has 1 unspecified atom stereocenters. The van der Waals surface area contributed by atoms with E-state index in [1.807, 2.05) is 18.2 Å². The first-order valence-corrected chi connectivity index (χ1v) is 8.19. The molecular formula is C18H18ClN3O2. The second kappa shape index (κ2) is 7.45. The van der Waals surface area contributed by atoms with Crippen LogP contribution in [0.2, 0.25) is 5.02 Å². The van der Waals surface area contributed by atoms with Crippen LogP contribution in [0.15, 0.2) is 53.1 Å². The third-order valence-corrected chi connectivity index (χ3v) is 4.32. The summed E-state index contributed by atoms with van der Waals surface area (Å²) < 4.78 is 0. The number of H-pyrrole nitrogens is 1. The molecule has 1 aromatic heterocycles. The maximum Gasteiger partial charge on any atom is 0.168 e. The van der Waals surface area contributed by atoms with Gasteiger partial charge in [0.2, 0.25) is 0 Å². The summed E-state index contributed by atoms with van der Waals surface area (Å²) in [7, 11) is 0. The minimum absolute atomic E-state index is 0.0432. The number of aromatic nitrogens is 2. The zero-order valence-electron chi connectivity index (χ0n) is 13.1. The molecule has 6 heteroatoms. The third-order valence-electron chi connectivity index (χ3n) is 4.09. The summed E-state index contributed by atoms with van der Waals surface area (Å²) in [6.07, 6.45) is 6.34. The number of imidazole rings is 1. The number of aliphatic hydroxyl groups is 1. The molecule has 1 atom stereocenters. The topological polar surface area (TPSA) is 78.3 Å². The maximum absolute atomic E-state index is 12.3. The lowest BCUT2D eigenvalue weighted by Crippen LogP contribution is -2.19. The highest BCUT2D eigenvalue weighted by Crippen LogP contribution is 2.33. The van der Waals surface area contributed by atoms with E-state index in [0.29, 0.717) is 36.4 Å². The fraction of sp³-hybridized carbons (Fsp3) is 0.278. The first-order valence-electron chi connectivity index (χ1n) is 7.81. The average molecular weight is 344 g/mol. The van der Waals surface area contributed by atoms with Gasteiger partial charge in [0.1, 0.15) is 5.76 Å². The Morgan fingerprint density at radius 2 is 2.29 bits per heavy atom. The second-order valence-electron chi connectivity index (χ2n) is 5.81. The standard InChI is InChI=1S/C18H18ClN3O2/c19-14-3-1-2-12(6-14)13-7-17(23)16(18(24)8-13)10-20-5-4-15-9-21-11-22-15/h1-3,6,9-11,13,23H,4-5,7-8H2,(H,21,22). The molecule has 0 aliphatic heterocycles. The van der Waals surface area contributed by atoms with Gasteiger partial charge in [-0.25, -0.2) is 4.98 Å². The molecule has 0 bridgehead atoms. The van der Waals surface area contributed by atoms with Gasteiger partial charge in [0.15, 0.2) is 5.78 Å². The number of aliphatic hydroxyl groups excluding tert-OH is 1. The minimum atomic E-state index is -0.0889. The lowest BCUT2D eigenvalue weighted by Gasteiger charge is -2.22. The van der Waals surface area contributed by atoms with Crippen LogP contribution in [0.25, 0.3) is 0 Å². The molecule has 1 aromatic carbocycles. The highest BCUT2D eigenvalue weighted by molar-refractivity contribution is 6.30. The Morgan fingerprint density at radius 1 is 1.42 bits per heavy atom. The van der Waals surface area contributed by atoms with Crippen molar-refractivity contribution in [3.63, 3.8) is 0 Å². The van der Waals surface area contributed by atoms with E-state index in [1.165, 1.54) is 6.21 Å². The molecular weight excluding hydrogens is 326 g/mol. The Hall–Kier alpha value is -2.40. The number of rotatable bonds is 5. The van der Waals surface area contributed by atoms with Crippen molar-refractivity contribution in [2.45, 2.75) is 25.2 Å². The Kier molecular flexibility index (Phi) is 5.11. The Balaban J connectivity index is 1.66. The largest absolute Gasteiger partial charge is 0.511 e. The van der Waals surface area contributed by atoms with Gasteiger partial charge in [-0.3, -0.25) is 9.79 Å². The first-order chi connectivity index (χ1) is 11.6. The van der Waals surface area contributed by atoms with Crippen molar-refractivity contribution in [1.82, 2.24) is 9.97 Å². The minimum Gasteiger partial charge on any atom is -0.511 e. The van der Waals surface area contributed by atoms with Crippen LogP contribution in [0.5, 0.6) is 0 Å². The average Bonchev–Trinajstić information content (AvgIpc) is 3.06. The van der Waals surface area contributed by atoms with Crippen molar-refractivity contribution < 1.29 is 9.90 Å². The predicted molar refractivity (Wildman–Crippen MR) is 93.7 cm³/mol. The normalized spacial score (nSPS) is 18.5. The molecule has 0 saturated heterocycles. The van der Waals surface area contributed by atoms with Gasteiger partial charge in [-0.1, -0.05) is 23.7 Å². The van der Waals surface area contributed by atoms with Crippen molar-refractivity contribution in [2.75, 3.05) is 6.54 Å². The highest BCUT2D eigenvalue weighted by Gasteiger charge is 2.27. The van der Waals surface area contributed by atoms with Crippen molar-refractivity contribution in [3.05, 3.63) is 64.4 Å². The number of hydrogen-bond acceptors (Lipinski definition) is 4. The molecule has 2 N–H and O–H groups in total. The molecule has 2 aromatic rings. The lowest BCUT2D eigenvalue weighted by molar-refractivity contribution is -0.116. The van der Waals surface area contributed by atoms with Crippen molar-refractivity contribution in [3.8, 4) is 0 Å². The smallest absolute Gasteiger partial charge is 0.168 e. The summed E-state index contributed by atoms with van der Waals surface area (Å²) in [6, 6.07) is 7.43. The van der Waals surface area contributed by atoms with Gasteiger partial charge in [0, 0.05) is 48.9 Å². The number of ketones is 1. The molecule has 0 amide bonds. The quantitative estimate of drug-likeness (QED) is 0.813. The van der Waals surface area contributed by atoms with E-state index in [9.17, 15) is 9.90 Å². The number of aromatic amines is 1. The van der Waals surface area contributed by atoms with Gasteiger partial charge >= 0.3 is 0 Å². The van der Waals surface area contributed by atoms with Crippen LogP contribution in [-0.4, -0.2) is 33.6 Å². The molecule has 0 spiro atoms. The van der Waals surface area contributed by atoms with E-state index in [0.717, 1.165) is 11.3 Å². The fourth-order valence-electron chi connectivity index (χ4n) is 2.82. The number of benzene rings is 1. The van der Waals surface area contributed by atoms with Crippen LogP contribution in [0, 0.1) is 0 Å². The van der Waals surface area contributed by atoms with Gasteiger partial charge in [-0.05, 0) is 23.6 Å². The van der Waals surface area contributed by atoms with E-state index >= 15 is 0 Å². The number of carbonyl (C=O) groups is 1. The molecule has 3 rings (SSSR count). The molecule has 0 saturated carbocycles. The number of allylic oxidation sites excluding steroid dienone is 2. The maximum atomic E-state index is 12.3. The van der Waals surface area contributed by atoms with Crippen LogP contribution in [0.3, 0.4) is 0 Å². The van der Waals surface area contributed by atoms with E-state index in [-0.39, 0.29) is 17.5 Å². The van der Waals surface area contributed by atoms with Gasteiger partial charge in [-0.15, -0.1) is 0 Å². The summed E-state index contributed by atoms with van der Waals surface area (Å²) >= 11 is 6.00. The summed E-state index contributed by atoms with van der Waals surface area (Å²) in [5.74, 6) is -0.0334. The third kappa shape index (κ3) is 3.92. The molecule has 1 aliphatic carbocycles. The number of nitrogens with zero attached hydrogens (tertiary/aromatic N) is 2. The number of Topliss-reactive ketones (excluding diaryl/α,β-unsaturated/α-hetero) is 1. The first kappa shape index (κ1) is 16.5. The molecule has 0 fully saturated rings. The summed E-state index contributed by atoms with van der Waals surface area (Å²) in [6.45, 7) is 0.532. The lowest BCUT2D eigenvalue weighted by atomic mass is 9.83. The second-order valence-corrected chi connectivity index (χ2v) is 6.24. The van der Waals surface area contributed by atoms with Crippen molar-refractivity contribution >= 4 is 23.6 Å². The van der Waals surface area contributed by atoms with E-state index < -0.39 is 0 Å². The van der Waals surface area contributed by atoms with Gasteiger partial charge < -0.3 is 10.1 Å². The van der Waals surface area contributed by atoms with Crippen LogP contribution < -0.4 is 0 Å². The fourth-order valence-corrected chi connectivity index (χ4v) is 3.01. The Bertz CT molecular complexity index is 781. The van der Waals surface area contributed by atoms with Crippen LogP contribution in [0.1, 0.15) is 30.0 Å². The molecule has 24 heavy (non-hydrogen) atoms. The van der Waals surface area contributed by atoms with E-state index in [2.05, 4.69) is 15.0 Å². The number of nitrogens with one attached hydrogen (secondary N) is 1. The molecule has 5 nitrogen and oxygen atoms in total. The summed E-state index contributed by atoms with van der Waals surface area (Å²) in [5.41, 5.74) is 2.27. The van der Waals surface area contributed by atoms with Crippen LogP contribution in [-0.2, 0) is 11.2 Å². The number of halogens is 1. The molecule has 1 aliphatic rings. The van der Waals surface area contributed by atoms with Crippen LogP contribution >= 0.6 is 11.6 Å². The molecule has 0 radical (unpaired) electrons. The monoisotopic (exact) mass is 343 g/mol. The summed E-state index contributed by atoms with van der Waals surface area (Å²) in [4.78, 5) is 23.5. The van der Waals surface area contributed by atoms with E-state index in [4.69, 9.17) is 11.6 Å². The van der Waals surface area contributed by atoms with Crippen molar-refractivity contribution in [2.24, 2.45) is 4.99 Å². The van der Waals surface area contributed by atoms with Crippen molar-refractivity contribution in [1.29, 1.82) is 0 Å². The zero-order valence-corrected chi connectivity index (χ0v) is 13.8. The molecule has 124 valence electrons. The van der Waals surface area contributed by atoms with E-state index in [1.54, 1.807) is 18.6 Å². The zero-order chi connectivity index (χ0) is 16.9. The van der Waals surface area contributed by atoms with Crippen LogP contribution in [0.4, 0.5) is 0 Å². The Labute approximate surface area is 145 Å². The SMILES string of the molecule is O=C1CC(c2cccc(Cl)c2)CC(O)=C1C=NCCc1cnc[nH]1. The summed E-state index contributed by atoms with van der Waals surface area (Å²) in [5, 5.41) is 10.9. The van der Waals surface area contributed by atoms with Gasteiger partial charge in [0.05, 0.1) is 11.9 Å². The van der Waals surface area contributed by atoms with Gasteiger partial charge in [-0.2, -0.15) is 0 Å². The van der Waals surface area contributed by atoms with Gasteiger partial charge in [0.25, 0.3) is 0 Å². The number of carbonyl (C=O) groups excluding carboxylic acids is 1. The number of aliphatic imine (C=N–C) groups is 1. The molecule has 1 heterocycles.